The molecule has 128 valence electrons. The second-order valence-corrected chi connectivity index (χ2v) is 6.92. The summed E-state index contributed by atoms with van der Waals surface area (Å²) in [4.78, 5) is 0. The molecule has 0 aliphatic heterocycles. The third-order valence-corrected chi connectivity index (χ3v) is 3.66. The molecule has 0 fully saturated rings. The van der Waals surface area contributed by atoms with Crippen molar-refractivity contribution in [3.63, 3.8) is 0 Å². The monoisotopic (exact) mass is 343 g/mol. The maximum atomic E-state index is 8.93. The van der Waals surface area contributed by atoms with E-state index in [9.17, 15) is 0 Å². The number of rotatable bonds is 11. The predicted molar refractivity (Wildman–Crippen MR) is 100 cm³/mol. The van der Waals surface area contributed by atoms with Crippen LogP contribution in [-0.4, -0.2) is 4.55 Å². The number of unbranched alkanes of at least 4 members (excludes halogenated alkanes) is 9. The molecule has 0 unspecified atom stereocenters. The molecule has 1 N–H and O–H groups in total. The minimum absolute atomic E-state index is 1.26. The normalized spacial score (nSPS) is 10.3. The second kappa shape index (κ2) is 16.9. The molecule has 0 heterocycles. The highest BCUT2D eigenvalue weighted by atomic mass is 32.8. The number of hydrogen-bond acceptors (Lipinski definition) is 3. The van der Waals surface area contributed by atoms with Crippen LogP contribution in [0.3, 0.4) is 0 Å². The van der Waals surface area contributed by atoms with Crippen LogP contribution < -0.4 is 0 Å². The van der Waals surface area contributed by atoms with Crippen molar-refractivity contribution in [3.05, 3.63) is 35.9 Å². The van der Waals surface area contributed by atoms with Crippen LogP contribution in [0.4, 0.5) is 0 Å². The molecule has 0 saturated heterocycles. The predicted octanol–water partition coefficient (Wildman–Crippen LogP) is 6.04. The Balaban J connectivity index is 0.000000980. The Morgan fingerprint density at radius 2 is 1.27 bits per heavy atom. The fourth-order valence-electron chi connectivity index (χ4n) is 2.46. The van der Waals surface area contributed by atoms with Crippen molar-refractivity contribution < 1.29 is 8.76 Å². The lowest BCUT2D eigenvalue weighted by molar-refractivity contribution is 0.536. The van der Waals surface area contributed by atoms with Gasteiger partial charge in [-0.1, -0.05) is 105 Å². The minimum Gasteiger partial charge on any atom is -0.459 e. The summed E-state index contributed by atoms with van der Waals surface area (Å²) < 4.78 is 16.3. The van der Waals surface area contributed by atoms with Crippen molar-refractivity contribution in [2.75, 3.05) is 0 Å². The van der Waals surface area contributed by atoms with E-state index in [-0.39, 0.29) is 0 Å². The summed E-state index contributed by atoms with van der Waals surface area (Å²) in [5.41, 5.74) is 1.50. The molecule has 0 aliphatic carbocycles. The zero-order valence-electron chi connectivity index (χ0n) is 13.8. The lowest BCUT2D eigenvalue weighted by atomic mass is 10.0. The van der Waals surface area contributed by atoms with Gasteiger partial charge in [-0.15, -0.1) is 0 Å². The van der Waals surface area contributed by atoms with Crippen LogP contribution in [0.1, 0.15) is 76.7 Å². The van der Waals surface area contributed by atoms with E-state index in [4.69, 9.17) is 8.76 Å². The van der Waals surface area contributed by atoms with Gasteiger partial charge in [0.2, 0.25) is 0 Å². The maximum absolute atomic E-state index is 8.93. The molecule has 1 aromatic carbocycles. The first-order valence-electron chi connectivity index (χ1n) is 8.49. The van der Waals surface area contributed by atoms with Crippen LogP contribution in [0.5, 0.6) is 0 Å². The van der Waals surface area contributed by atoms with Crippen molar-refractivity contribution in [2.45, 2.75) is 77.6 Å². The smallest absolute Gasteiger partial charge is 0.0279 e. The van der Waals surface area contributed by atoms with Gasteiger partial charge >= 0.3 is 0 Å². The lowest BCUT2D eigenvalue weighted by Crippen LogP contribution is -1.86. The maximum Gasteiger partial charge on any atom is -0.0279 e. The number of hydrogen-bond donors (Lipinski definition) is 1. The standard InChI is InChI=1S/C18H30.HO2S2/c1-2-3-4-5-6-7-8-9-10-12-15-18-16-13-11-14-17-18;1-4(2)3/h11,13-14,16-17H,2-10,12,15H2,1H3;(H,1,2,3)/q;-1. The van der Waals surface area contributed by atoms with E-state index >= 15 is 0 Å². The molecule has 0 aliphatic rings. The molecule has 0 spiro atoms. The van der Waals surface area contributed by atoms with Crippen molar-refractivity contribution >= 4 is 20.8 Å². The Morgan fingerprint density at radius 1 is 0.864 bits per heavy atom. The topological polar surface area (TPSA) is 37.3 Å². The first kappa shape index (κ1) is 21.6. The fourth-order valence-corrected chi connectivity index (χ4v) is 2.46. The highest BCUT2D eigenvalue weighted by Crippen LogP contribution is 2.12. The van der Waals surface area contributed by atoms with Gasteiger partial charge < -0.3 is 8.76 Å². The fraction of sp³-hybridized carbons (Fsp3) is 0.667. The Kier molecular flexibility index (Phi) is 16.6. The molecular formula is C18H31O2S2-. The van der Waals surface area contributed by atoms with Gasteiger partial charge in [0.05, 0.1) is 0 Å². The highest BCUT2D eigenvalue weighted by Gasteiger charge is 1.94. The Bertz CT molecular complexity index is 395. The van der Waals surface area contributed by atoms with E-state index in [0.717, 1.165) is 0 Å². The molecule has 4 heteroatoms. The van der Waals surface area contributed by atoms with E-state index in [1.165, 1.54) is 76.2 Å². The Hall–Kier alpha value is -0.450. The second-order valence-electron chi connectivity index (χ2n) is 5.63. The van der Waals surface area contributed by atoms with Gasteiger partial charge in [0.1, 0.15) is 0 Å². The molecule has 0 atom stereocenters. The minimum atomic E-state index is -2.03. The van der Waals surface area contributed by atoms with Gasteiger partial charge in [0, 0.05) is 0 Å². The van der Waals surface area contributed by atoms with Crippen molar-refractivity contribution in [2.24, 2.45) is 0 Å². The quantitative estimate of drug-likeness (QED) is 0.302. The van der Waals surface area contributed by atoms with Crippen LogP contribution in [0.15, 0.2) is 30.3 Å². The van der Waals surface area contributed by atoms with Gasteiger partial charge in [-0.05, 0) is 18.4 Å². The molecule has 0 radical (unpaired) electrons. The molecule has 0 bridgehead atoms. The van der Waals surface area contributed by atoms with Crippen LogP contribution in [0.25, 0.3) is 0 Å². The average Bonchev–Trinajstić information content (AvgIpc) is 2.50. The third kappa shape index (κ3) is 17.6. The van der Waals surface area contributed by atoms with Gasteiger partial charge in [-0.25, -0.2) is 11.2 Å². The summed E-state index contributed by atoms with van der Waals surface area (Å²) in [6.45, 7) is 2.28. The van der Waals surface area contributed by atoms with Crippen LogP contribution in [0.2, 0.25) is 0 Å². The van der Waals surface area contributed by atoms with E-state index in [1.807, 2.05) is 0 Å². The zero-order valence-corrected chi connectivity index (χ0v) is 15.5. The molecule has 1 aromatic rings. The SMILES string of the molecule is CCCCCCCCCCCCc1ccccc1.O=[S-](O)=S. The average molecular weight is 344 g/mol. The lowest BCUT2D eigenvalue weighted by Gasteiger charge is -2.03. The summed E-state index contributed by atoms with van der Waals surface area (Å²) in [6, 6.07) is 10.9. The zero-order chi connectivity index (χ0) is 16.5. The number of benzene rings is 1. The van der Waals surface area contributed by atoms with Gasteiger partial charge in [0.15, 0.2) is 0 Å². The molecule has 2 nitrogen and oxygen atoms in total. The van der Waals surface area contributed by atoms with E-state index < -0.39 is 9.64 Å². The molecule has 0 saturated carbocycles. The molecular weight excluding hydrogens is 312 g/mol. The van der Waals surface area contributed by atoms with Crippen LogP contribution in [0, 0.1) is 0 Å². The Labute approximate surface area is 143 Å². The van der Waals surface area contributed by atoms with Crippen LogP contribution in [-0.2, 0) is 31.5 Å². The van der Waals surface area contributed by atoms with Gasteiger partial charge in [-0.2, -0.15) is 0 Å². The molecule has 0 aromatic heterocycles. The highest BCUT2D eigenvalue weighted by molar-refractivity contribution is 8.18. The molecule has 0 amide bonds. The number of aryl methyl sites for hydroxylation is 1. The van der Waals surface area contributed by atoms with Crippen molar-refractivity contribution in [3.8, 4) is 0 Å². The van der Waals surface area contributed by atoms with E-state index in [1.54, 1.807) is 0 Å². The first-order valence-corrected chi connectivity index (χ1v) is 10.5. The summed E-state index contributed by atoms with van der Waals surface area (Å²) in [6.07, 6.45) is 15.5. The van der Waals surface area contributed by atoms with Crippen molar-refractivity contribution in [1.29, 1.82) is 0 Å². The summed E-state index contributed by atoms with van der Waals surface area (Å²) >= 11 is 3.65. The van der Waals surface area contributed by atoms with Gasteiger partial charge in [0.25, 0.3) is 0 Å². The summed E-state index contributed by atoms with van der Waals surface area (Å²) in [7, 11) is -2.03. The van der Waals surface area contributed by atoms with E-state index in [0.29, 0.717) is 0 Å². The van der Waals surface area contributed by atoms with E-state index in [2.05, 4.69) is 48.4 Å². The molecule has 1 rings (SSSR count). The largest absolute Gasteiger partial charge is 0.459 e. The van der Waals surface area contributed by atoms with Gasteiger partial charge in [-0.3, -0.25) is 0 Å². The third-order valence-electron chi connectivity index (χ3n) is 3.66. The molecule has 22 heavy (non-hydrogen) atoms. The first-order chi connectivity index (χ1) is 10.7. The summed E-state index contributed by atoms with van der Waals surface area (Å²) in [5, 5.41) is 0. The van der Waals surface area contributed by atoms with Crippen LogP contribution >= 0.6 is 0 Å². The Morgan fingerprint density at radius 3 is 1.73 bits per heavy atom. The van der Waals surface area contributed by atoms with Crippen molar-refractivity contribution in [1.82, 2.24) is 0 Å². The summed E-state index contributed by atoms with van der Waals surface area (Å²) in [5.74, 6) is 0.